The first-order valence-electron chi connectivity index (χ1n) is 10.8. The molecule has 0 saturated heterocycles. The largest absolute Gasteiger partial charge is 0.480 e. The second-order valence-corrected chi connectivity index (χ2v) is 8.52. The molecule has 0 aromatic heterocycles. The Balaban J connectivity index is 1.61. The van der Waals surface area contributed by atoms with E-state index in [9.17, 15) is 14.4 Å². The number of fused-ring (bicyclic) bond motifs is 3. The summed E-state index contributed by atoms with van der Waals surface area (Å²) >= 11 is 0. The maximum Gasteiger partial charge on any atom is 0.407 e. The van der Waals surface area contributed by atoms with Crippen molar-refractivity contribution in [3.63, 3.8) is 0 Å². The molecule has 170 valence electrons. The summed E-state index contributed by atoms with van der Waals surface area (Å²) in [4.78, 5) is 37.6. The van der Waals surface area contributed by atoms with Crippen LogP contribution in [-0.4, -0.2) is 54.2 Å². The third kappa shape index (κ3) is 4.77. The quantitative estimate of drug-likeness (QED) is 0.655. The third-order valence-electron chi connectivity index (χ3n) is 6.22. The molecule has 1 aliphatic rings. The molecule has 0 fully saturated rings. The van der Waals surface area contributed by atoms with E-state index in [0.717, 1.165) is 22.3 Å². The van der Waals surface area contributed by atoms with Crippen molar-refractivity contribution in [2.75, 3.05) is 20.2 Å². The third-order valence-corrected chi connectivity index (χ3v) is 6.22. The van der Waals surface area contributed by atoms with Gasteiger partial charge in [0.1, 0.15) is 12.6 Å². The molecule has 1 unspecified atom stereocenters. The monoisotopic (exact) mass is 438 g/mol. The summed E-state index contributed by atoms with van der Waals surface area (Å²) in [7, 11) is 1.46. The molecule has 7 nitrogen and oxygen atoms in total. The number of rotatable bonds is 8. The highest BCUT2D eigenvalue weighted by molar-refractivity contribution is 5.85. The van der Waals surface area contributed by atoms with Gasteiger partial charge in [-0.15, -0.1) is 0 Å². The maximum absolute atomic E-state index is 12.8. The number of carboxylic acids is 1. The van der Waals surface area contributed by atoms with Gasteiger partial charge in [-0.1, -0.05) is 62.4 Å². The Kier molecular flexibility index (Phi) is 7.18. The van der Waals surface area contributed by atoms with Crippen LogP contribution in [0.25, 0.3) is 11.1 Å². The number of carboxylic acid groups (broad SMARTS) is 1. The fourth-order valence-electron chi connectivity index (χ4n) is 4.07. The molecule has 32 heavy (non-hydrogen) atoms. The highest BCUT2D eigenvalue weighted by atomic mass is 16.5. The number of benzene rings is 2. The van der Waals surface area contributed by atoms with Crippen molar-refractivity contribution in [3.8, 4) is 11.1 Å². The topological polar surface area (TPSA) is 95.9 Å². The zero-order valence-corrected chi connectivity index (χ0v) is 18.9. The maximum atomic E-state index is 12.8. The lowest BCUT2D eigenvalue weighted by atomic mass is 9.94. The van der Waals surface area contributed by atoms with Crippen molar-refractivity contribution in [2.24, 2.45) is 11.8 Å². The lowest BCUT2D eigenvalue weighted by Gasteiger charge is -2.28. The van der Waals surface area contributed by atoms with Gasteiger partial charge in [0.15, 0.2) is 0 Å². The number of alkyl carbamates (subject to hydrolysis) is 1. The molecule has 2 aromatic rings. The number of amides is 2. The molecule has 0 spiro atoms. The van der Waals surface area contributed by atoms with Crippen LogP contribution in [-0.2, 0) is 14.3 Å². The molecule has 2 atom stereocenters. The van der Waals surface area contributed by atoms with Crippen molar-refractivity contribution < 1.29 is 24.2 Å². The Morgan fingerprint density at radius 2 is 1.53 bits per heavy atom. The lowest BCUT2D eigenvalue weighted by molar-refractivity contribution is -0.150. The minimum Gasteiger partial charge on any atom is -0.480 e. The van der Waals surface area contributed by atoms with E-state index in [0.29, 0.717) is 0 Å². The molecule has 2 amide bonds. The van der Waals surface area contributed by atoms with Crippen LogP contribution in [0.3, 0.4) is 0 Å². The molecule has 2 aromatic carbocycles. The van der Waals surface area contributed by atoms with Crippen molar-refractivity contribution in [1.29, 1.82) is 0 Å². The molecule has 0 aliphatic heterocycles. The highest BCUT2D eigenvalue weighted by Gasteiger charge is 2.31. The van der Waals surface area contributed by atoms with E-state index >= 15 is 0 Å². The summed E-state index contributed by atoms with van der Waals surface area (Å²) in [5.74, 6) is -2.08. The second kappa shape index (κ2) is 9.85. The van der Waals surface area contributed by atoms with E-state index in [4.69, 9.17) is 9.84 Å². The first kappa shape index (κ1) is 23.3. The number of hydrogen-bond donors (Lipinski definition) is 2. The predicted molar refractivity (Wildman–Crippen MR) is 121 cm³/mol. The number of carbonyl (C=O) groups is 3. The van der Waals surface area contributed by atoms with Gasteiger partial charge in [-0.05, 0) is 35.1 Å². The predicted octanol–water partition coefficient (Wildman–Crippen LogP) is 3.73. The van der Waals surface area contributed by atoms with Gasteiger partial charge >= 0.3 is 12.1 Å². The summed E-state index contributed by atoms with van der Waals surface area (Å²) < 4.78 is 5.53. The van der Waals surface area contributed by atoms with E-state index in [1.165, 1.54) is 18.9 Å². The Labute approximate surface area is 188 Å². The van der Waals surface area contributed by atoms with Crippen molar-refractivity contribution in [1.82, 2.24) is 10.2 Å². The number of nitrogens with zero attached hydrogens (tertiary/aromatic N) is 1. The average Bonchev–Trinajstić information content (AvgIpc) is 3.10. The van der Waals surface area contributed by atoms with E-state index in [-0.39, 0.29) is 30.9 Å². The Morgan fingerprint density at radius 3 is 2.03 bits per heavy atom. The fraction of sp³-hybridized carbons (Fsp3) is 0.400. The summed E-state index contributed by atoms with van der Waals surface area (Å²) in [6, 6.07) is 15.2. The summed E-state index contributed by atoms with van der Waals surface area (Å²) in [6.45, 7) is 5.44. The van der Waals surface area contributed by atoms with Crippen LogP contribution in [0.4, 0.5) is 4.79 Å². The Morgan fingerprint density at radius 1 is 1.00 bits per heavy atom. The zero-order chi connectivity index (χ0) is 23.4. The minimum atomic E-state index is -1.08. The summed E-state index contributed by atoms with van der Waals surface area (Å²) in [5.41, 5.74) is 4.55. The molecule has 0 saturated carbocycles. The van der Waals surface area contributed by atoms with Gasteiger partial charge in [0.25, 0.3) is 0 Å². The van der Waals surface area contributed by atoms with E-state index in [1.54, 1.807) is 0 Å². The van der Waals surface area contributed by atoms with E-state index in [2.05, 4.69) is 17.4 Å². The minimum absolute atomic E-state index is 0.0433. The van der Waals surface area contributed by atoms with Crippen LogP contribution in [0.5, 0.6) is 0 Å². The molecule has 0 heterocycles. The molecule has 1 aliphatic carbocycles. The second-order valence-electron chi connectivity index (χ2n) is 8.52. The van der Waals surface area contributed by atoms with Gasteiger partial charge in [-0.2, -0.15) is 0 Å². The number of ether oxygens (including phenoxy) is 1. The van der Waals surface area contributed by atoms with Crippen molar-refractivity contribution in [3.05, 3.63) is 59.7 Å². The van der Waals surface area contributed by atoms with Crippen LogP contribution in [0.2, 0.25) is 0 Å². The van der Waals surface area contributed by atoms with Gasteiger partial charge in [0, 0.05) is 19.5 Å². The number of nitrogens with one attached hydrogen (secondary N) is 1. The van der Waals surface area contributed by atoms with Gasteiger partial charge in [-0.25, -0.2) is 9.59 Å². The van der Waals surface area contributed by atoms with Gasteiger partial charge in [0.05, 0.1) is 5.92 Å². The number of hydrogen-bond acceptors (Lipinski definition) is 4. The van der Waals surface area contributed by atoms with Crippen molar-refractivity contribution >= 4 is 18.0 Å². The Bertz CT molecular complexity index is 958. The first-order valence-corrected chi connectivity index (χ1v) is 10.8. The Hall–Kier alpha value is -3.35. The summed E-state index contributed by atoms with van der Waals surface area (Å²) in [6.07, 6.45) is -0.598. The molecule has 0 bridgehead atoms. The first-order chi connectivity index (χ1) is 15.2. The molecule has 3 rings (SSSR count). The smallest absolute Gasteiger partial charge is 0.407 e. The molecule has 7 heteroatoms. The van der Waals surface area contributed by atoms with Crippen LogP contribution in [0.1, 0.15) is 37.8 Å². The SMILES string of the molecule is CC(C)C(CNC(=O)OCC1c2ccccc2-c2ccccc21)C(=O)N(C)[C@@H](C)C(=O)O. The standard InChI is InChI=1S/C25H30N2O5/c1-15(2)21(23(28)27(4)16(3)24(29)30)13-26-25(31)32-14-22-19-11-7-5-9-17(19)18-10-6-8-12-20(18)22/h5-12,15-16,21-22H,13-14H2,1-4H3,(H,26,31)(H,29,30)/t16-,21?/m0/s1. The van der Waals surface area contributed by atoms with E-state index in [1.807, 2.05) is 50.2 Å². The molecule has 0 radical (unpaired) electrons. The lowest BCUT2D eigenvalue weighted by Crippen LogP contribution is -2.47. The molecule has 2 N–H and O–H groups in total. The van der Waals surface area contributed by atoms with Crippen LogP contribution in [0.15, 0.2) is 48.5 Å². The van der Waals surface area contributed by atoms with E-state index < -0.39 is 24.0 Å². The molecular weight excluding hydrogens is 408 g/mol. The normalized spacial score (nSPS) is 14.3. The van der Waals surface area contributed by atoms with Crippen LogP contribution in [0, 0.1) is 11.8 Å². The summed E-state index contributed by atoms with van der Waals surface area (Å²) in [5, 5.41) is 11.9. The highest BCUT2D eigenvalue weighted by Crippen LogP contribution is 2.44. The van der Waals surface area contributed by atoms with Gasteiger partial charge in [0.2, 0.25) is 5.91 Å². The average molecular weight is 439 g/mol. The zero-order valence-electron chi connectivity index (χ0n) is 18.9. The van der Waals surface area contributed by atoms with Gasteiger partial charge in [-0.3, -0.25) is 4.79 Å². The van der Waals surface area contributed by atoms with Gasteiger partial charge < -0.3 is 20.1 Å². The van der Waals surface area contributed by atoms with Crippen molar-refractivity contribution in [2.45, 2.75) is 32.7 Å². The molecular formula is C25H30N2O5. The fourth-order valence-corrected chi connectivity index (χ4v) is 4.07. The number of likely N-dealkylation sites (N-methyl/N-ethyl adjacent to an activating group) is 1. The number of carbonyl (C=O) groups excluding carboxylic acids is 2. The van der Waals surface area contributed by atoms with Crippen LogP contribution < -0.4 is 5.32 Å². The van der Waals surface area contributed by atoms with Crippen LogP contribution >= 0.6 is 0 Å². The number of aliphatic carboxylic acids is 1.